The lowest BCUT2D eigenvalue weighted by Gasteiger charge is -2.12. The molecule has 1 atom stereocenters. The van der Waals surface area contributed by atoms with Crippen molar-refractivity contribution in [1.29, 1.82) is 0 Å². The van der Waals surface area contributed by atoms with Crippen molar-refractivity contribution in [2.45, 2.75) is 17.2 Å². The van der Waals surface area contributed by atoms with Crippen molar-refractivity contribution >= 4 is 29.3 Å². The first-order valence-electron chi connectivity index (χ1n) is 6.62. The number of hydrogen-bond donors (Lipinski definition) is 1. The minimum Gasteiger partial charge on any atom is -0.538 e. The second-order valence-corrected chi connectivity index (χ2v) is 5.91. The van der Waals surface area contributed by atoms with Gasteiger partial charge in [-0.05, 0) is 30.8 Å². The highest BCUT2D eigenvalue weighted by Gasteiger charge is 2.24. The first-order valence-corrected chi connectivity index (χ1v) is 7.50. The number of nitrogens with one attached hydrogen (secondary N) is 1. The van der Waals surface area contributed by atoms with Crippen molar-refractivity contribution in [2.75, 3.05) is 12.4 Å². The third kappa shape index (κ3) is 3.81. The average Bonchev–Trinajstić information content (AvgIpc) is 2.86. The summed E-state index contributed by atoms with van der Waals surface area (Å²) in [5.74, 6) is -1.52. The van der Waals surface area contributed by atoms with Crippen LogP contribution in [0.25, 0.3) is 0 Å². The molecule has 8 nitrogen and oxygen atoms in total. The third-order valence-electron chi connectivity index (χ3n) is 2.96. The molecular weight excluding hydrogens is 322 g/mol. The van der Waals surface area contributed by atoms with Crippen LogP contribution in [-0.2, 0) is 16.6 Å². The largest absolute Gasteiger partial charge is 0.538 e. The molecule has 23 heavy (non-hydrogen) atoms. The van der Waals surface area contributed by atoms with Gasteiger partial charge >= 0.3 is 5.97 Å². The predicted molar refractivity (Wildman–Crippen MR) is 78.9 cm³/mol. The molecule has 0 fully saturated rings. The Morgan fingerprint density at radius 3 is 2.74 bits per heavy atom. The molecule has 1 heterocycles. The highest BCUT2D eigenvalue weighted by Crippen LogP contribution is 2.27. The molecular formula is C14H15N3O5S. The highest BCUT2D eigenvalue weighted by atomic mass is 32.2. The zero-order valence-corrected chi connectivity index (χ0v) is 13.5. The number of benzene rings is 1. The number of anilines is 1. The maximum absolute atomic E-state index is 12.3. The second-order valence-electron chi connectivity index (χ2n) is 4.58. The minimum absolute atomic E-state index is 0.217. The summed E-state index contributed by atoms with van der Waals surface area (Å²) in [4.78, 5) is 24.0. The number of hydrogen-bond acceptors (Lipinski definition) is 7. The van der Waals surface area contributed by atoms with E-state index in [1.165, 1.54) is 11.8 Å². The fourth-order valence-corrected chi connectivity index (χ4v) is 2.59. The monoisotopic (exact) mass is 337 g/mol. The van der Waals surface area contributed by atoms with Crippen LogP contribution < -0.4 is 15.1 Å². The Bertz CT molecular complexity index is 711. The number of carbonyl (C=O) groups excluding carboxylic acids is 2. The van der Waals surface area contributed by atoms with E-state index in [2.05, 4.69) is 19.8 Å². The maximum Gasteiger partial charge on any atom is 0.339 e. The molecule has 9 heteroatoms. The number of aryl methyl sites for hydroxylation is 1. The van der Waals surface area contributed by atoms with Crippen LogP contribution in [0, 0.1) is 0 Å². The second kappa shape index (κ2) is 7.14. The zero-order valence-electron chi connectivity index (χ0n) is 12.7. The highest BCUT2D eigenvalue weighted by molar-refractivity contribution is 8.00. The number of thioether (sulfide) groups is 1. The van der Waals surface area contributed by atoms with Gasteiger partial charge in [-0.3, -0.25) is 4.79 Å². The Hall–Kier alpha value is -2.55. The van der Waals surface area contributed by atoms with E-state index in [4.69, 9.17) is 0 Å². The summed E-state index contributed by atoms with van der Waals surface area (Å²) in [6, 6.07) is 6.51. The van der Waals surface area contributed by atoms with E-state index in [0.717, 1.165) is 11.8 Å². The Kier molecular flexibility index (Phi) is 5.22. The van der Waals surface area contributed by atoms with Crippen molar-refractivity contribution in [3.8, 4) is 5.95 Å². The molecule has 0 radical (unpaired) electrons. The van der Waals surface area contributed by atoms with E-state index in [9.17, 15) is 14.7 Å². The van der Waals surface area contributed by atoms with E-state index in [-0.39, 0.29) is 16.5 Å². The molecule has 1 N–H and O–H groups in total. The molecule has 0 aliphatic rings. The number of amides is 1. The molecule has 0 aliphatic carbocycles. The summed E-state index contributed by atoms with van der Waals surface area (Å²) in [6.07, 6.45) is 0. The van der Waals surface area contributed by atoms with E-state index in [0.29, 0.717) is 5.69 Å². The molecule has 2 rings (SSSR count). The van der Waals surface area contributed by atoms with E-state index in [1.54, 1.807) is 38.2 Å². The topological polar surface area (TPSA) is 108 Å². The van der Waals surface area contributed by atoms with E-state index in [1.807, 2.05) is 0 Å². The number of esters is 1. The molecule has 0 saturated carbocycles. The van der Waals surface area contributed by atoms with Crippen molar-refractivity contribution in [3.05, 3.63) is 29.8 Å². The van der Waals surface area contributed by atoms with Gasteiger partial charge in [0.2, 0.25) is 5.91 Å². The SMILES string of the molecule is COC(=O)c1ccccc1NC(=O)C(C)Sc1c([O-])on[n+]1C. The molecule has 1 aromatic carbocycles. The zero-order chi connectivity index (χ0) is 17.0. The number of rotatable bonds is 5. The van der Waals surface area contributed by atoms with Gasteiger partial charge in [0.05, 0.1) is 28.9 Å². The molecule has 2 aromatic rings. The molecule has 0 spiro atoms. The van der Waals surface area contributed by atoms with E-state index < -0.39 is 17.2 Å². The number of carbonyl (C=O) groups is 2. The fourth-order valence-electron chi connectivity index (χ4n) is 1.77. The van der Waals surface area contributed by atoms with Crippen molar-refractivity contribution in [2.24, 2.45) is 7.05 Å². The lowest BCUT2D eigenvalue weighted by atomic mass is 10.2. The summed E-state index contributed by atoms with van der Waals surface area (Å²) in [6.45, 7) is 1.63. The number of nitrogens with zero attached hydrogens (tertiary/aromatic N) is 2. The van der Waals surface area contributed by atoms with Crippen molar-refractivity contribution < 1.29 is 28.6 Å². The maximum atomic E-state index is 12.3. The minimum atomic E-state index is -0.605. The molecule has 0 bridgehead atoms. The van der Waals surface area contributed by atoms with Gasteiger partial charge in [0, 0.05) is 0 Å². The van der Waals surface area contributed by atoms with Gasteiger partial charge in [-0.15, -0.1) is 0 Å². The van der Waals surface area contributed by atoms with E-state index >= 15 is 0 Å². The molecule has 1 unspecified atom stereocenters. The predicted octanol–water partition coefficient (Wildman–Crippen LogP) is 0.479. The molecule has 1 aromatic heterocycles. The Morgan fingerprint density at radius 1 is 1.43 bits per heavy atom. The lowest BCUT2D eigenvalue weighted by molar-refractivity contribution is -0.772. The van der Waals surface area contributed by atoms with Gasteiger partial charge in [0.15, 0.2) is 13.0 Å². The first kappa shape index (κ1) is 16.8. The summed E-state index contributed by atoms with van der Waals surface area (Å²) >= 11 is 1.02. The Morgan fingerprint density at radius 2 is 2.13 bits per heavy atom. The fraction of sp³-hybridized carbons (Fsp3) is 0.286. The number of para-hydroxylation sites is 1. The lowest BCUT2D eigenvalue weighted by Crippen LogP contribution is -2.33. The molecule has 1 amide bonds. The van der Waals surface area contributed by atoms with Crippen molar-refractivity contribution in [3.63, 3.8) is 0 Å². The van der Waals surface area contributed by atoms with Crippen LogP contribution in [0.1, 0.15) is 17.3 Å². The van der Waals surface area contributed by atoms with Gasteiger partial charge in [-0.2, -0.15) is 0 Å². The quantitative estimate of drug-likeness (QED) is 0.480. The summed E-state index contributed by atoms with van der Waals surface area (Å²) in [5.41, 5.74) is 0.592. The van der Waals surface area contributed by atoms with Crippen LogP contribution in [0.15, 0.2) is 33.8 Å². The van der Waals surface area contributed by atoms with Gasteiger partial charge in [0.25, 0.3) is 5.03 Å². The number of aromatic nitrogens is 2. The normalized spacial score (nSPS) is 11.8. The molecule has 122 valence electrons. The van der Waals surface area contributed by atoms with Gasteiger partial charge in [-0.25, -0.2) is 4.79 Å². The summed E-state index contributed by atoms with van der Waals surface area (Å²) in [7, 11) is 2.81. The van der Waals surface area contributed by atoms with Crippen LogP contribution in [0.2, 0.25) is 0 Å². The van der Waals surface area contributed by atoms with Crippen LogP contribution in [0.5, 0.6) is 5.95 Å². The van der Waals surface area contributed by atoms with Gasteiger partial charge < -0.3 is 19.7 Å². The van der Waals surface area contributed by atoms with Gasteiger partial charge in [0.1, 0.15) is 0 Å². The van der Waals surface area contributed by atoms with Crippen LogP contribution in [-0.4, -0.2) is 29.5 Å². The Labute approximate surface area is 136 Å². The van der Waals surface area contributed by atoms with Gasteiger partial charge in [-0.1, -0.05) is 16.8 Å². The standard InChI is InChI=1S/C14H15N3O5S/c1-8(23-12-14(20)22-16-17(12)2)11(18)15-10-7-5-4-6-9(10)13(19)21-3/h4-8H,1-3H3,(H-,15,16,18,19,20). The number of methoxy groups -OCH3 is 1. The van der Waals surface area contributed by atoms with Crippen molar-refractivity contribution in [1.82, 2.24) is 5.27 Å². The summed E-state index contributed by atoms with van der Waals surface area (Å²) in [5, 5.41) is 17.2. The van der Waals surface area contributed by atoms with Crippen LogP contribution in [0.4, 0.5) is 5.69 Å². The third-order valence-corrected chi connectivity index (χ3v) is 4.18. The number of ether oxygens (including phenoxy) is 1. The molecule has 0 saturated heterocycles. The smallest absolute Gasteiger partial charge is 0.339 e. The first-order chi connectivity index (χ1) is 10.9. The van der Waals surface area contributed by atoms with Crippen LogP contribution >= 0.6 is 11.8 Å². The van der Waals surface area contributed by atoms with Crippen LogP contribution in [0.3, 0.4) is 0 Å². The Balaban J connectivity index is 2.12. The summed E-state index contributed by atoms with van der Waals surface area (Å²) < 4.78 is 10.4. The molecule has 0 aliphatic heterocycles. The average molecular weight is 337 g/mol.